The number of hydrogen-bond acceptors (Lipinski definition) is 6. The third-order valence-corrected chi connectivity index (χ3v) is 4.46. The minimum Gasteiger partial charge on any atom is -0.481 e. The zero-order valence-electron chi connectivity index (χ0n) is 11.4. The number of thioether (sulfide) groups is 1. The number of rotatable bonds is 9. The van der Waals surface area contributed by atoms with E-state index >= 15 is 0 Å². The van der Waals surface area contributed by atoms with Gasteiger partial charge in [-0.3, -0.25) is 9.59 Å². The van der Waals surface area contributed by atoms with Gasteiger partial charge in [0.05, 0.1) is 17.4 Å². The van der Waals surface area contributed by atoms with Crippen LogP contribution in [0, 0.1) is 0 Å². The van der Waals surface area contributed by atoms with E-state index in [2.05, 4.69) is 10.3 Å². The molecule has 0 aliphatic rings. The van der Waals surface area contributed by atoms with Gasteiger partial charge in [0.1, 0.15) is 0 Å². The van der Waals surface area contributed by atoms with Crippen LogP contribution in [-0.2, 0) is 20.7 Å². The van der Waals surface area contributed by atoms with Crippen molar-refractivity contribution in [2.45, 2.75) is 29.4 Å². The molecule has 0 radical (unpaired) electrons. The zero-order chi connectivity index (χ0) is 15.0. The van der Waals surface area contributed by atoms with Gasteiger partial charge in [0.2, 0.25) is 5.91 Å². The lowest BCUT2D eigenvalue weighted by Crippen LogP contribution is -2.32. The van der Waals surface area contributed by atoms with Crippen molar-refractivity contribution in [2.24, 2.45) is 0 Å². The molecule has 0 spiro atoms. The Morgan fingerprint density at radius 3 is 3.00 bits per heavy atom. The summed E-state index contributed by atoms with van der Waals surface area (Å²) in [5.41, 5.74) is 0.526. The minimum absolute atomic E-state index is 0.0545. The van der Waals surface area contributed by atoms with Gasteiger partial charge in [-0.25, -0.2) is 4.98 Å². The van der Waals surface area contributed by atoms with Gasteiger partial charge in [-0.1, -0.05) is 11.8 Å². The standard InChI is InChI=1S/C12H18N2O4S2/c1-8(11(17)13-4-3-5-18-2)20-12-14-9(7-19-12)6-10(15)16/h7-8H,3-6H2,1-2H3,(H,13,17)(H,15,16). The van der Waals surface area contributed by atoms with Crippen LogP contribution in [0.25, 0.3) is 0 Å². The molecule has 2 N–H and O–H groups in total. The number of aliphatic carboxylic acids is 1. The van der Waals surface area contributed by atoms with Crippen molar-refractivity contribution in [3.05, 3.63) is 11.1 Å². The second-order valence-corrected chi connectivity index (χ2v) is 6.52. The zero-order valence-corrected chi connectivity index (χ0v) is 13.1. The molecule has 0 saturated heterocycles. The van der Waals surface area contributed by atoms with E-state index in [1.54, 1.807) is 19.4 Å². The van der Waals surface area contributed by atoms with Crippen LogP contribution in [0.15, 0.2) is 9.72 Å². The summed E-state index contributed by atoms with van der Waals surface area (Å²) >= 11 is 2.69. The normalized spacial score (nSPS) is 12.1. The van der Waals surface area contributed by atoms with E-state index in [9.17, 15) is 9.59 Å². The van der Waals surface area contributed by atoms with E-state index in [4.69, 9.17) is 9.84 Å². The number of amides is 1. The van der Waals surface area contributed by atoms with Crippen LogP contribution >= 0.6 is 23.1 Å². The summed E-state index contributed by atoms with van der Waals surface area (Å²) in [4.78, 5) is 26.6. The van der Waals surface area contributed by atoms with Crippen LogP contribution < -0.4 is 5.32 Å². The third-order valence-electron chi connectivity index (χ3n) is 2.33. The number of carbonyl (C=O) groups excluding carboxylic acids is 1. The molecular weight excluding hydrogens is 300 g/mol. The van der Waals surface area contributed by atoms with E-state index in [0.717, 1.165) is 6.42 Å². The van der Waals surface area contributed by atoms with Gasteiger partial charge >= 0.3 is 5.97 Å². The fraction of sp³-hybridized carbons (Fsp3) is 0.583. The molecule has 1 aromatic heterocycles. The molecule has 0 saturated carbocycles. The Hall–Kier alpha value is -1.12. The van der Waals surface area contributed by atoms with Crippen LogP contribution in [0.2, 0.25) is 0 Å². The summed E-state index contributed by atoms with van der Waals surface area (Å²) in [6.07, 6.45) is 0.689. The molecular formula is C12H18N2O4S2. The first-order valence-electron chi connectivity index (χ1n) is 6.12. The summed E-state index contributed by atoms with van der Waals surface area (Å²) in [5, 5.41) is 12.9. The number of carboxylic acid groups (broad SMARTS) is 1. The van der Waals surface area contributed by atoms with Crippen LogP contribution in [0.5, 0.6) is 0 Å². The molecule has 1 aromatic rings. The number of hydrogen-bond donors (Lipinski definition) is 2. The molecule has 0 bridgehead atoms. The number of nitrogens with one attached hydrogen (secondary N) is 1. The molecule has 1 rings (SSSR count). The number of aromatic nitrogens is 1. The number of nitrogens with zero attached hydrogens (tertiary/aromatic N) is 1. The Balaban J connectivity index is 2.37. The fourth-order valence-electron chi connectivity index (χ4n) is 1.36. The Kier molecular flexibility index (Phi) is 7.56. The van der Waals surface area contributed by atoms with Gasteiger partial charge in [0.15, 0.2) is 4.34 Å². The first-order valence-corrected chi connectivity index (χ1v) is 7.88. The first kappa shape index (κ1) is 16.9. The smallest absolute Gasteiger partial charge is 0.309 e. The highest BCUT2D eigenvalue weighted by Crippen LogP contribution is 2.27. The molecule has 1 heterocycles. The molecule has 112 valence electrons. The van der Waals surface area contributed by atoms with Crippen LogP contribution in [0.1, 0.15) is 19.0 Å². The molecule has 1 unspecified atom stereocenters. The molecule has 0 aliphatic heterocycles. The van der Waals surface area contributed by atoms with E-state index < -0.39 is 5.97 Å². The molecule has 1 atom stereocenters. The highest BCUT2D eigenvalue weighted by molar-refractivity contribution is 8.02. The lowest BCUT2D eigenvalue weighted by molar-refractivity contribution is -0.136. The number of carboxylic acids is 1. The van der Waals surface area contributed by atoms with Crippen molar-refractivity contribution >= 4 is 35.0 Å². The molecule has 20 heavy (non-hydrogen) atoms. The Morgan fingerprint density at radius 1 is 1.60 bits per heavy atom. The van der Waals surface area contributed by atoms with Crippen LogP contribution in [0.4, 0.5) is 0 Å². The highest BCUT2D eigenvalue weighted by atomic mass is 32.2. The van der Waals surface area contributed by atoms with Crippen LogP contribution in [-0.4, -0.2) is 47.5 Å². The number of carbonyl (C=O) groups is 2. The summed E-state index contributed by atoms with van der Waals surface area (Å²) in [5.74, 6) is -0.961. The quantitative estimate of drug-likeness (QED) is 0.528. The minimum atomic E-state index is -0.907. The predicted molar refractivity (Wildman–Crippen MR) is 78.3 cm³/mol. The maximum absolute atomic E-state index is 11.8. The number of ether oxygens (including phenoxy) is 1. The largest absolute Gasteiger partial charge is 0.481 e. The summed E-state index contributed by atoms with van der Waals surface area (Å²) in [7, 11) is 1.62. The van der Waals surface area contributed by atoms with Crippen LogP contribution in [0.3, 0.4) is 0 Å². The second-order valence-electron chi connectivity index (χ2n) is 4.07. The molecule has 1 amide bonds. The second kappa shape index (κ2) is 8.93. The fourth-order valence-corrected chi connectivity index (χ4v) is 3.36. The average molecular weight is 318 g/mol. The lowest BCUT2D eigenvalue weighted by Gasteiger charge is -2.10. The number of methoxy groups -OCH3 is 1. The summed E-state index contributed by atoms with van der Waals surface area (Å²) < 4.78 is 5.61. The molecule has 0 fully saturated rings. The van der Waals surface area contributed by atoms with Gasteiger partial charge in [0.25, 0.3) is 0 Å². The van der Waals surface area contributed by atoms with Crippen molar-refractivity contribution in [1.29, 1.82) is 0 Å². The van der Waals surface area contributed by atoms with Gasteiger partial charge in [-0.15, -0.1) is 11.3 Å². The molecule has 8 heteroatoms. The Bertz CT molecular complexity index is 450. The molecule has 6 nitrogen and oxygen atoms in total. The third kappa shape index (κ3) is 6.36. The monoisotopic (exact) mass is 318 g/mol. The van der Waals surface area contributed by atoms with Gasteiger partial charge in [-0.2, -0.15) is 0 Å². The van der Waals surface area contributed by atoms with E-state index in [1.807, 2.05) is 0 Å². The van der Waals surface area contributed by atoms with E-state index in [1.165, 1.54) is 23.1 Å². The van der Waals surface area contributed by atoms with E-state index in [-0.39, 0.29) is 17.6 Å². The predicted octanol–water partition coefficient (Wildman–Crippen LogP) is 1.40. The van der Waals surface area contributed by atoms with Gasteiger partial charge in [0, 0.05) is 25.6 Å². The van der Waals surface area contributed by atoms with Crippen molar-refractivity contribution in [3.63, 3.8) is 0 Å². The Labute approximate surface area is 125 Å². The molecule has 0 aliphatic carbocycles. The first-order chi connectivity index (χ1) is 9.52. The van der Waals surface area contributed by atoms with Crippen molar-refractivity contribution < 1.29 is 19.4 Å². The maximum Gasteiger partial charge on any atom is 0.309 e. The van der Waals surface area contributed by atoms with Gasteiger partial charge < -0.3 is 15.2 Å². The SMILES string of the molecule is COCCCNC(=O)C(C)Sc1nc(CC(=O)O)cs1. The molecule has 0 aromatic carbocycles. The number of thiazole rings is 1. The Morgan fingerprint density at radius 2 is 2.35 bits per heavy atom. The van der Waals surface area contributed by atoms with E-state index in [0.29, 0.717) is 23.2 Å². The lowest BCUT2D eigenvalue weighted by atomic mass is 10.3. The van der Waals surface area contributed by atoms with Crippen molar-refractivity contribution in [1.82, 2.24) is 10.3 Å². The summed E-state index contributed by atoms with van der Waals surface area (Å²) in [6, 6.07) is 0. The topological polar surface area (TPSA) is 88.5 Å². The highest BCUT2D eigenvalue weighted by Gasteiger charge is 2.16. The maximum atomic E-state index is 11.8. The summed E-state index contributed by atoms with van der Waals surface area (Å²) in [6.45, 7) is 3.00. The van der Waals surface area contributed by atoms with Gasteiger partial charge in [-0.05, 0) is 13.3 Å². The average Bonchev–Trinajstić information content (AvgIpc) is 2.80. The van der Waals surface area contributed by atoms with Crippen molar-refractivity contribution in [3.8, 4) is 0 Å². The van der Waals surface area contributed by atoms with Crippen molar-refractivity contribution in [2.75, 3.05) is 20.3 Å².